The van der Waals surface area contributed by atoms with Crippen molar-refractivity contribution < 1.29 is 9.72 Å². The lowest BCUT2D eigenvalue weighted by atomic mass is 10.1. The maximum absolute atomic E-state index is 11.0. The lowest BCUT2D eigenvalue weighted by Crippen LogP contribution is -2.60. The van der Waals surface area contributed by atoms with Crippen LogP contribution in [0.3, 0.4) is 0 Å². The van der Waals surface area contributed by atoms with E-state index in [2.05, 4.69) is 15.6 Å². The van der Waals surface area contributed by atoms with Gasteiger partial charge in [-0.15, -0.1) is 0 Å². The third kappa shape index (κ3) is 2.47. The molecule has 0 aromatic carbocycles. The smallest absolute Gasteiger partial charge is 0.314 e. The highest BCUT2D eigenvalue weighted by Crippen LogP contribution is 2.20. The maximum Gasteiger partial charge on any atom is 0.314 e. The van der Waals surface area contributed by atoms with E-state index in [4.69, 9.17) is 0 Å². The van der Waals surface area contributed by atoms with Crippen LogP contribution in [0.1, 0.15) is 0 Å². The second-order valence-electron chi connectivity index (χ2n) is 3.96. The summed E-state index contributed by atoms with van der Waals surface area (Å²) in [5.74, 6) is 0.676. The number of nitrogens with zero attached hydrogens (tertiary/aromatic N) is 3. The van der Waals surface area contributed by atoms with E-state index in [0.29, 0.717) is 18.9 Å². The molecule has 8 heteroatoms. The summed E-state index contributed by atoms with van der Waals surface area (Å²) in [6.45, 7) is 1.30. The Hall–Kier alpha value is -2.38. The molecule has 1 aliphatic heterocycles. The fraction of sp³-hybridized carbons (Fsp3) is 0.400. The number of aromatic nitrogens is 1. The van der Waals surface area contributed by atoms with E-state index in [0.717, 1.165) is 0 Å². The number of urea groups is 1. The van der Waals surface area contributed by atoms with Crippen LogP contribution in [0.15, 0.2) is 18.3 Å². The molecule has 8 nitrogen and oxygen atoms in total. The van der Waals surface area contributed by atoms with Gasteiger partial charge < -0.3 is 15.5 Å². The number of nitro groups is 1. The van der Waals surface area contributed by atoms with Crippen molar-refractivity contribution in [2.75, 3.05) is 25.0 Å². The molecule has 1 fully saturated rings. The van der Waals surface area contributed by atoms with Crippen molar-refractivity contribution >= 4 is 17.5 Å². The predicted octanol–water partition coefficient (Wildman–Crippen LogP) is 0.107. The number of nitrogens with one attached hydrogen (secondary N) is 2. The van der Waals surface area contributed by atoms with Crippen molar-refractivity contribution in [3.8, 4) is 0 Å². The molecule has 0 atom stereocenters. The van der Waals surface area contributed by atoms with Gasteiger partial charge in [0.25, 0.3) is 5.69 Å². The van der Waals surface area contributed by atoms with Gasteiger partial charge in [0.05, 0.1) is 11.0 Å². The Morgan fingerprint density at radius 2 is 2.28 bits per heavy atom. The van der Waals surface area contributed by atoms with E-state index in [1.54, 1.807) is 13.1 Å². The van der Waals surface area contributed by atoms with E-state index >= 15 is 0 Å². The molecule has 1 aliphatic rings. The fourth-order valence-corrected chi connectivity index (χ4v) is 1.69. The molecule has 0 bridgehead atoms. The highest BCUT2D eigenvalue weighted by atomic mass is 16.6. The van der Waals surface area contributed by atoms with Crippen molar-refractivity contribution in [1.29, 1.82) is 0 Å². The van der Waals surface area contributed by atoms with E-state index in [-0.39, 0.29) is 17.8 Å². The third-order valence-electron chi connectivity index (χ3n) is 2.71. The van der Waals surface area contributed by atoms with E-state index in [1.807, 2.05) is 4.90 Å². The summed E-state index contributed by atoms with van der Waals surface area (Å²) in [5, 5.41) is 15.7. The molecule has 0 spiro atoms. The van der Waals surface area contributed by atoms with Gasteiger partial charge in [-0.3, -0.25) is 10.1 Å². The van der Waals surface area contributed by atoms with Gasteiger partial charge >= 0.3 is 6.03 Å². The Morgan fingerprint density at radius 3 is 2.78 bits per heavy atom. The molecule has 2 N–H and O–H groups in total. The molecule has 18 heavy (non-hydrogen) atoms. The van der Waals surface area contributed by atoms with Crippen LogP contribution in [0.2, 0.25) is 0 Å². The van der Waals surface area contributed by atoms with Crippen molar-refractivity contribution in [2.24, 2.45) is 0 Å². The minimum Gasteiger partial charge on any atom is -0.352 e. The van der Waals surface area contributed by atoms with Crippen LogP contribution in [-0.2, 0) is 0 Å². The average molecular weight is 251 g/mol. The normalized spacial score (nSPS) is 14.8. The molecule has 2 amide bonds. The van der Waals surface area contributed by atoms with Gasteiger partial charge in [-0.1, -0.05) is 0 Å². The van der Waals surface area contributed by atoms with Gasteiger partial charge in [0.15, 0.2) is 0 Å². The number of hydrogen-bond donors (Lipinski definition) is 2. The SMILES string of the molecule is CNC(=O)NC1CN(c2ccc([N+](=O)[O-])cn2)C1. The van der Waals surface area contributed by atoms with Crippen LogP contribution in [0, 0.1) is 10.1 Å². The van der Waals surface area contributed by atoms with Gasteiger partial charge in [-0.05, 0) is 6.07 Å². The molecule has 0 radical (unpaired) electrons. The number of hydrogen-bond acceptors (Lipinski definition) is 5. The first-order chi connectivity index (χ1) is 8.60. The third-order valence-corrected chi connectivity index (χ3v) is 2.71. The highest BCUT2D eigenvalue weighted by Gasteiger charge is 2.28. The van der Waals surface area contributed by atoms with Gasteiger partial charge in [-0.25, -0.2) is 9.78 Å². The predicted molar refractivity (Wildman–Crippen MR) is 64.5 cm³/mol. The second kappa shape index (κ2) is 4.86. The summed E-state index contributed by atoms with van der Waals surface area (Å²) in [6, 6.07) is 2.90. The Bertz CT molecular complexity index is 455. The lowest BCUT2D eigenvalue weighted by molar-refractivity contribution is -0.385. The average Bonchev–Trinajstić information content (AvgIpc) is 2.33. The van der Waals surface area contributed by atoms with Crippen LogP contribution in [0.25, 0.3) is 0 Å². The van der Waals surface area contributed by atoms with E-state index in [1.165, 1.54) is 12.3 Å². The van der Waals surface area contributed by atoms with Crippen LogP contribution in [0.4, 0.5) is 16.3 Å². The Kier molecular flexibility index (Phi) is 3.26. The summed E-state index contributed by atoms with van der Waals surface area (Å²) < 4.78 is 0. The number of carbonyl (C=O) groups excluding carboxylic acids is 1. The molecule has 1 saturated heterocycles. The molecule has 2 heterocycles. The van der Waals surface area contributed by atoms with Crippen molar-refractivity contribution in [1.82, 2.24) is 15.6 Å². The zero-order valence-electron chi connectivity index (χ0n) is 9.79. The van der Waals surface area contributed by atoms with Gasteiger partial charge in [0, 0.05) is 26.2 Å². The number of carbonyl (C=O) groups is 1. The largest absolute Gasteiger partial charge is 0.352 e. The Labute approximate surface area is 103 Å². The Morgan fingerprint density at radius 1 is 1.56 bits per heavy atom. The standard InChI is InChI=1S/C10H13N5O3/c1-11-10(16)13-7-5-14(6-7)9-3-2-8(4-12-9)15(17)18/h2-4,7H,5-6H2,1H3,(H2,11,13,16). The molecule has 0 saturated carbocycles. The number of pyridine rings is 1. The molecule has 1 aromatic heterocycles. The van der Waals surface area contributed by atoms with Crippen LogP contribution >= 0.6 is 0 Å². The molecule has 0 aliphatic carbocycles. The first-order valence-electron chi connectivity index (χ1n) is 5.44. The van der Waals surface area contributed by atoms with Gasteiger partial charge in [0.2, 0.25) is 0 Å². The number of rotatable bonds is 3. The molecule has 96 valence electrons. The molecule has 0 unspecified atom stereocenters. The summed E-state index contributed by atoms with van der Waals surface area (Å²) in [7, 11) is 1.56. The summed E-state index contributed by atoms with van der Waals surface area (Å²) in [4.78, 5) is 27.0. The first kappa shape index (κ1) is 12.1. The number of anilines is 1. The molecular weight excluding hydrogens is 238 g/mol. The van der Waals surface area contributed by atoms with Crippen LogP contribution < -0.4 is 15.5 Å². The second-order valence-corrected chi connectivity index (χ2v) is 3.96. The molecular formula is C10H13N5O3. The molecule has 1 aromatic rings. The summed E-state index contributed by atoms with van der Waals surface area (Å²) in [5.41, 5.74) is -0.0284. The van der Waals surface area contributed by atoms with Crippen molar-refractivity contribution in [3.05, 3.63) is 28.4 Å². The number of amides is 2. The van der Waals surface area contributed by atoms with Crippen LogP contribution in [0.5, 0.6) is 0 Å². The van der Waals surface area contributed by atoms with E-state index < -0.39 is 4.92 Å². The Balaban J connectivity index is 1.88. The van der Waals surface area contributed by atoms with Crippen LogP contribution in [-0.4, -0.2) is 42.1 Å². The van der Waals surface area contributed by atoms with Crippen molar-refractivity contribution in [3.63, 3.8) is 0 Å². The zero-order valence-corrected chi connectivity index (χ0v) is 9.79. The minimum atomic E-state index is -0.483. The van der Waals surface area contributed by atoms with Gasteiger partial charge in [-0.2, -0.15) is 0 Å². The summed E-state index contributed by atoms with van der Waals surface area (Å²) in [6.07, 6.45) is 1.23. The topological polar surface area (TPSA) is 100 Å². The maximum atomic E-state index is 11.0. The molecule has 2 rings (SSSR count). The first-order valence-corrected chi connectivity index (χ1v) is 5.44. The van der Waals surface area contributed by atoms with E-state index in [9.17, 15) is 14.9 Å². The zero-order chi connectivity index (χ0) is 13.1. The minimum absolute atomic E-state index is 0.0284. The van der Waals surface area contributed by atoms with Gasteiger partial charge in [0.1, 0.15) is 12.0 Å². The summed E-state index contributed by atoms with van der Waals surface area (Å²) >= 11 is 0. The lowest BCUT2D eigenvalue weighted by Gasteiger charge is -2.40. The monoisotopic (exact) mass is 251 g/mol. The fourth-order valence-electron chi connectivity index (χ4n) is 1.69. The highest BCUT2D eigenvalue weighted by molar-refractivity contribution is 5.74. The quantitative estimate of drug-likeness (QED) is 0.586. The van der Waals surface area contributed by atoms with Crippen molar-refractivity contribution in [2.45, 2.75) is 6.04 Å².